The first-order valence-electron chi connectivity index (χ1n) is 5.87. The summed E-state index contributed by atoms with van der Waals surface area (Å²) < 4.78 is 36.0. The van der Waals surface area contributed by atoms with Gasteiger partial charge in [-0.15, -0.1) is 0 Å². The molecule has 0 saturated carbocycles. The molecule has 1 unspecified atom stereocenters. The minimum absolute atomic E-state index is 0.0621. The molecule has 1 aromatic carbocycles. The molecular weight excluding hydrogens is 256 g/mol. The number of hydrogen-bond acceptors (Lipinski definition) is 4. The van der Waals surface area contributed by atoms with E-state index in [-0.39, 0.29) is 19.0 Å². The van der Waals surface area contributed by atoms with Crippen molar-refractivity contribution >= 4 is 5.97 Å². The minimum Gasteiger partial charge on any atom is -0.491 e. The lowest BCUT2D eigenvalue weighted by Gasteiger charge is -2.26. The zero-order valence-electron chi connectivity index (χ0n) is 11.1. The van der Waals surface area contributed by atoms with E-state index >= 15 is 0 Å². The highest BCUT2D eigenvalue weighted by Crippen LogP contribution is 2.17. The van der Waals surface area contributed by atoms with Crippen LogP contribution >= 0.6 is 0 Å². The van der Waals surface area contributed by atoms with Crippen molar-refractivity contribution in [1.82, 2.24) is 5.32 Å². The lowest BCUT2D eigenvalue weighted by Crippen LogP contribution is -2.53. The van der Waals surface area contributed by atoms with Crippen molar-refractivity contribution in [2.75, 3.05) is 20.3 Å². The fourth-order valence-electron chi connectivity index (χ4n) is 1.32. The highest BCUT2D eigenvalue weighted by atomic mass is 19.2. The van der Waals surface area contributed by atoms with Gasteiger partial charge in [0.25, 0.3) is 0 Å². The van der Waals surface area contributed by atoms with Gasteiger partial charge >= 0.3 is 5.97 Å². The van der Waals surface area contributed by atoms with Gasteiger partial charge in [0.2, 0.25) is 0 Å². The van der Waals surface area contributed by atoms with Gasteiger partial charge in [0, 0.05) is 6.07 Å². The van der Waals surface area contributed by atoms with Crippen molar-refractivity contribution in [1.29, 1.82) is 0 Å². The van der Waals surface area contributed by atoms with Gasteiger partial charge in [-0.3, -0.25) is 0 Å². The SMILES string of the molecule is CCOC(=O)C(C)(COc1ccc(F)c(F)c1)NC. The molecule has 19 heavy (non-hydrogen) atoms. The Kier molecular flexibility index (Phi) is 5.23. The molecule has 0 aromatic heterocycles. The average Bonchev–Trinajstić information content (AvgIpc) is 2.40. The molecule has 0 aliphatic heterocycles. The third kappa shape index (κ3) is 3.89. The summed E-state index contributed by atoms with van der Waals surface area (Å²) in [6.45, 7) is 3.49. The first kappa shape index (κ1) is 15.4. The van der Waals surface area contributed by atoms with Gasteiger partial charge in [-0.25, -0.2) is 13.6 Å². The molecule has 106 valence electrons. The molecule has 4 nitrogen and oxygen atoms in total. The number of carbonyl (C=O) groups excluding carboxylic acids is 1. The quantitative estimate of drug-likeness (QED) is 0.804. The maximum atomic E-state index is 13.0. The lowest BCUT2D eigenvalue weighted by atomic mass is 10.1. The summed E-state index contributed by atoms with van der Waals surface area (Å²) in [6, 6.07) is 3.18. The second-order valence-corrected chi connectivity index (χ2v) is 4.17. The molecule has 0 aliphatic carbocycles. The standard InChI is InChI=1S/C13H17F2NO3/c1-4-18-12(17)13(2,16-3)8-19-9-5-6-10(14)11(15)7-9/h5-7,16H,4,8H2,1-3H3. The summed E-state index contributed by atoms with van der Waals surface area (Å²) in [7, 11) is 1.59. The molecule has 1 aromatic rings. The first-order valence-corrected chi connectivity index (χ1v) is 5.87. The Bertz CT molecular complexity index is 454. The Morgan fingerprint density at radius 1 is 1.37 bits per heavy atom. The summed E-state index contributed by atoms with van der Waals surface area (Å²) in [6.07, 6.45) is 0. The number of benzene rings is 1. The molecule has 0 spiro atoms. The second kappa shape index (κ2) is 6.47. The summed E-state index contributed by atoms with van der Waals surface area (Å²) in [5.41, 5.74) is -1.05. The number of rotatable bonds is 6. The van der Waals surface area contributed by atoms with Crippen molar-refractivity contribution in [3.8, 4) is 5.75 Å². The Morgan fingerprint density at radius 3 is 2.58 bits per heavy atom. The van der Waals surface area contributed by atoms with Gasteiger partial charge in [0.15, 0.2) is 11.6 Å². The molecule has 6 heteroatoms. The molecule has 0 heterocycles. The van der Waals surface area contributed by atoms with Crippen LogP contribution in [0.4, 0.5) is 8.78 Å². The van der Waals surface area contributed by atoms with E-state index in [1.54, 1.807) is 20.9 Å². The number of hydrogen-bond donors (Lipinski definition) is 1. The van der Waals surface area contributed by atoms with E-state index in [2.05, 4.69) is 5.32 Å². The molecular formula is C13H17F2NO3. The number of likely N-dealkylation sites (N-methyl/N-ethyl adjacent to an activating group) is 1. The van der Waals surface area contributed by atoms with Gasteiger partial charge in [0.1, 0.15) is 17.9 Å². The summed E-state index contributed by atoms with van der Waals surface area (Å²) >= 11 is 0. The van der Waals surface area contributed by atoms with E-state index in [1.807, 2.05) is 0 Å². The molecule has 0 radical (unpaired) electrons. The maximum Gasteiger partial charge on any atom is 0.329 e. The normalized spacial score (nSPS) is 13.7. The van der Waals surface area contributed by atoms with E-state index in [4.69, 9.17) is 9.47 Å². The lowest BCUT2D eigenvalue weighted by molar-refractivity contribution is -0.151. The Balaban J connectivity index is 2.71. The predicted octanol–water partition coefficient (Wildman–Crippen LogP) is 1.88. The monoisotopic (exact) mass is 273 g/mol. The Morgan fingerprint density at radius 2 is 2.05 bits per heavy atom. The Labute approximate surface area is 110 Å². The second-order valence-electron chi connectivity index (χ2n) is 4.17. The van der Waals surface area contributed by atoms with E-state index in [1.165, 1.54) is 6.07 Å². The van der Waals surface area contributed by atoms with Gasteiger partial charge in [-0.2, -0.15) is 0 Å². The van der Waals surface area contributed by atoms with E-state index in [9.17, 15) is 13.6 Å². The number of halogens is 2. The van der Waals surface area contributed by atoms with Crippen molar-refractivity contribution < 1.29 is 23.0 Å². The van der Waals surface area contributed by atoms with Gasteiger partial charge < -0.3 is 14.8 Å². The molecule has 1 rings (SSSR count). The van der Waals surface area contributed by atoms with Gasteiger partial charge in [0.05, 0.1) is 6.61 Å². The summed E-state index contributed by atoms with van der Waals surface area (Å²) in [4.78, 5) is 11.7. The topological polar surface area (TPSA) is 47.6 Å². The fourth-order valence-corrected chi connectivity index (χ4v) is 1.32. The third-order valence-corrected chi connectivity index (χ3v) is 2.70. The Hall–Kier alpha value is -1.69. The van der Waals surface area contributed by atoms with Gasteiger partial charge in [-0.1, -0.05) is 0 Å². The van der Waals surface area contributed by atoms with Crippen LogP contribution in [0.2, 0.25) is 0 Å². The van der Waals surface area contributed by atoms with Crippen LogP contribution in [0.5, 0.6) is 5.75 Å². The smallest absolute Gasteiger partial charge is 0.329 e. The van der Waals surface area contributed by atoms with E-state index in [0.29, 0.717) is 0 Å². The highest BCUT2D eigenvalue weighted by Gasteiger charge is 2.34. The molecule has 0 bridgehead atoms. The van der Waals surface area contributed by atoms with Crippen LogP contribution < -0.4 is 10.1 Å². The number of carbonyl (C=O) groups is 1. The number of ether oxygens (including phenoxy) is 2. The molecule has 1 N–H and O–H groups in total. The summed E-state index contributed by atoms with van der Waals surface area (Å²) in [5.74, 6) is -2.28. The van der Waals surface area contributed by atoms with E-state index in [0.717, 1.165) is 12.1 Å². The van der Waals surface area contributed by atoms with Crippen LogP contribution in [0.1, 0.15) is 13.8 Å². The first-order chi connectivity index (χ1) is 8.92. The van der Waals surface area contributed by atoms with Crippen LogP contribution in [-0.4, -0.2) is 31.8 Å². The minimum atomic E-state index is -1.05. The number of esters is 1. The molecule has 1 atom stereocenters. The molecule has 0 saturated heterocycles. The zero-order valence-corrected chi connectivity index (χ0v) is 11.1. The van der Waals surface area contributed by atoms with Crippen molar-refractivity contribution in [2.24, 2.45) is 0 Å². The average molecular weight is 273 g/mol. The fraction of sp³-hybridized carbons (Fsp3) is 0.462. The summed E-state index contributed by atoms with van der Waals surface area (Å²) in [5, 5.41) is 2.79. The van der Waals surface area contributed by atoms with Crippen molar-refractivity contribution in [3.63, 3.8) is 0 Å². The van der Waals surface area contributed by atoms with Crippen LogP contribution in [0.3, 0.4) is 0 Å². The van der Waals surface area contributed by atoms with Gasteiger partial charge in [-0.05, 0) is 33.0 Å². The molecule has 0 fully saturated rings. The maximum absolute atomic E-state index is 13.0. The van der Waals surface area contributed by atoms with Crippen LogP contribution in [0, 0.1) is 11.6 Å². The van der Waals surface area contributed by atoms with Crippen LogP contribution in [-0.2, 0) is 9.53 Å². The molecule has 0 aliphatic rings. The largest absolute Gasteiger partial charge is 0.491 e. The number of nitrogens with one attached hydrogen (secondary N) is 1. The highest BCUT2D eigenvalue weighted by molar-refractivity contribution is 5.80. The third-order valence-electron chi connectivity index (χ3n) is 2.70. The zero-order chi connectivity index (χ0) is 14.5. The van der Waals surface area contributed by atoms with E-state index < -0.39 is 23.1 Å². The van der Waals surface area contributed by atoms with Crippen LogP contribution in [0.25, 0.3) is 0 Å². The van der Waals surface area contributed by atoms with Crippen molar-refractivity contribution in [3.05, 3.63) is 29.8 Å². The molecule has 0 amide bonds. The van der Waals surface area contributed by atoms with Crippen LogP contribution in [0.15, 0.2) is 18.2 Å². The van der Waals surface area contributed by atoms with Crippen molar-refractivity contribution in [2.45, 2.75) is 19.4 Å². The predicted molar refractivity (Wildman–Crippen MR) is 66.0 cm³/mol.